The zero-order chi connectivity index (χ0) is 20.3. The third kappa shape index (κ3) is 4.57. The minimum atomic E-state index is -2.90. The Balaban J connectivity index is 1.58. The van der Waals surface area contributed by atoms with Gasteiger partial charge in [0.2, 0.25) is 11.1 Å². The van der Waals surface area contributed by atoms with Crippen LogP contribution in [0.4, 0.5) is 14.5 Å². The summed E-state index contributed by atoms with van der Waals surface area (Å²) >= 11 is 1.10. The Hall–Kier alpha value is -3.15. The van der Waals surface area contributed by atoms with Gasteiger partial charge in [-0.1, -0.05) is 11.8 Å². The van der Waals surface area contributed by atoms with E-state index in [2.05, 4.69) is 25.3 Å². The van der Waals surface area contributed by atoms with E-state index in [1.165, 1.54) is 28.9 Å². The molecule has 3 rings (SSSR count). The number of carbonyl (C=O) groups is 1. The lowest BCUT2D eigenvalue weighted by Crippen LogP contribution is -2.18. The Labute approximate surface area is 162 Å². The summed E-state index contributed by atoms with van der Waals surface area (Å²) in [4.78, 5) is 12.1. The van der Waals surface area contributed by atoms with Crippen LogP contribution in [-0.2, 0) is 4.79 Å². The summed E-state index contributed by atoms with van der Waals surface area (Å²) in [6, 6.07) is 7.49. The first-order valence-corrected chi connectivity index (χ1v) is 9.03. The van der Waals surface area contributed by atoms with Crippen LogP contribution >= 0.6 is 11.8 Å². The predicted octanol–water partition coefficient (Wildman–Crippen LogP) is 2.13. The van der Waals surface area contributed by atoms with Crippen LogP contribution in [0.1, 0.15) is 11.4 Å². The SMILES string of the molecule is Cc1cc(C)n(-c2nnc(SCC(=O)Nc3ccc(OC(F)F)cc3)n2N)n1. The van der Waals surface area contributed by atoms with E-state index in [1.54, 1.807) is 4.68 Å². The maximum absolute atomic E-state index is 12.1. The standard InChI is InChI=1S/C16H17F2N7O2S/c1-9-7-10(2)25(23-9)15-21-22-16(24(15)19)28-8-13(26)20-11-3-5-12(6-4-11)27-14(17)18/h3-7,14H,8,19H2,1-2H3,(H,20,26). The van der Waals surface area contributed by atoms with Gasteiger partial charge in [-0.25, -0.2) is 9.36 Å². The van der Waals surface area contributed by atoms with Crippen LogP contribution in [0.2, 0.25) is 0 Å². The van der Waals surface area contributed by atoms with Gasteiger partial charge in [-0.3, -0.25) is 4.79 Å². The molecule has 0 saturated carbocycles. The predicted molar refractivity (Wildman–Crippen MR) is 99.2 cm³/mol. The number of rotatable bonds is 7. The Morgan fingerprint density at radius 3 is 2.61 bits per heavy atom. The van der Waals surface area contributed by atoms with E-state index in [9.17, 15) is 13.6 Å². The number of hydrogen-bond acceptors (Lipinski definition) is 7. The van der Waals surface area contributed by atoms with Crippen molar-refractivity contribution in [3.63, 3.8) is 0 Å². The summed E-state index contributed by atoms with van der Waals surface area (Å²) < 4.78 is 31.3. The third-order valence-corrected chi connectivity index (χ3v) is 4.48. The second-order valence-corrected chi connectivity index (χ2v) is 6.67. The number of nitrogen functional groups attached to an aromatic ring is 1. The fraction of sp³-hybridized carbons (Fsp3) is 0.250. The molecule has 12 heteroatoms. The van der Waals surface area contributed by atoms with E-state index in [-0.39, 0.29) is 17.4 Å². The van der Waals surface area contributed by atoms with Crippen molar-refractivity contribution in [2.45, 2.75) is 25.6 Å². The largest absolute Gasteiger partial charge is 0.435 e. The van der Waals surface area contributed by atoms with E-state index in [0.29, 0.717) is 16.8 Å². The third-order valence-electron chi connectivity index (χ3n) is 3.54. The number of anilines is 1. The Bertz CT molecular complexity index is 972. The number of benzene rings is 1. The van der Waals surface area contributed by atoms with Gasteiger partial charge < -0.3 is 15.9 Å². The first-order chi connectivity index (χ1) is 13.3. The van der Waals surface area contributed by atoms with Crippen LogP contribution < -0.4 is 15.9 Å². The van der Waals surface area contributed by atoms with Gasteiger partial charge in [-0.2, -0.15) is 13.9 Å². The Morgan fingerprint density at radius 2 is 2.00 bits per heavy atom. The molecule has 1 aromatic carbocycles. The molecule has 0 aliphatic carbocycles. The number of nitrogens with zero attached hydrogens (tertiary/aromatic N) is 5. The molecular formula is C16H17F2N7O2S. The van der Waals surface area contributed by atoms with Crippen LogP contribution in [0.3, 0.4) is 0 Å². The minimum Gasteiger partial charge on any atom is -0.435 e. The van der Waals surface area contributed by atoms with Crippen molar-refractivity contribution in [2.75, 3.05) is 16.9 Å². The van der Waals surface area contributed by atoms with Crippen molar-refractivity contribution >= 4 is 23.4 Å². The lowest BCUT2D eigenvalue weighted by Gasteiger charge is -2.07. The molecule has 2 aromatic heterocycles. The summed E-state index contributed by atoms with van der Waals surface area (Å²) in [5, 5.41) is 15.3. The molecule has 9 nitrogen and oxygen atoms in total. The van der Waals surface area contributed by atoms with Crippen LogP contribution in [0.5, 0.6) is 5.75 Å². The zero-order valence-corrected chi connectivity index (χ0v) is 15.8. The molecular weight excluding hydrogens is 392 g/mol. The molecule has 3 aromatic rings. The highest BCUT2D eigenvalue weighted by Crippen LogP contribution is 2.20. The molecule has 0 radical (unpaired) electrons. The number of nitrogens with one attached hydrogen (secondary N) is 1. The molecule has 1 amide bonds. The van der Waals surface area contributed by atoms with Crippen molar-refractivity contribution in [3.05, 3.63) is 41.7 Å². The summed E-state index contributed by atoms with van der Waals surface area (Å²) in [7, 11) is 0. The Kier molecular flexibility index (Phi) is 5.78. The monoisotopic (exact) mass is 409 g/mol. The van der Waals surface area contributed by atoms with Gasteiger partial charge in [-0.05, 0) is 44.2 Å². The first-order valence-electron chi connectivity index (χ1n) is 8.05. The summed E-state index contributed by atoms with van der Waals surface area (Å²) in [6.07, 6.45) is 0. The Morgan fingerprint density at radius 1 is 1.29 bits per heavy atom. The van der Waals surface area contributed by atoms with Crippen molar-refractivity contribution in [3.8, 4) is 11.7 Å². The second-order valence-electron chi connectivity index (χ2n) is 5.73. The molecule has 0 fully saturated rings. The van der Waals surface area contributed by atoms with Gasteiger partial charge in [0.05, 0.1) is 11.4 Å². The molecule has 0 atom stereocenters. The minimum absolute atomic E-state index is 0.00953. The lowest BCUT2D eigenvalue weighted by atomic mass is 10.3. The molecule has 0 bridgehead atoms. The van der Waals surface area contributed by atoms with Gasteiger partial charge in [-0.15, -0.1) is 10.2 Å². The summed E-state index contributed by atoms with van der Waals surface area (Å²) in [6.45, 7) is 0.823. The van der Waals surface area contributed by atoms with Crippen molar-refractivity contribution < 1.29 is 18.3 Å². The molecule has 2 heterocycles. The average Bonchev–Trinajstić information content (AvgIpc) is 3.15. The summed E-state index contributed by atoms with van der Waals surface area (Å²) in [5.41, 5.74) is 2.12. The highest BCUT2D eigenvalue weighted by atomic mass is 32.2. The smallest absolute Gasteiger partial charge is 0.387 e. The number of aromatic nitrogens is 5. The molecule has 0 saturated heterocycles. The summed E-state index contributed by atoms with van der Waals surface area (Å²) in [5.74, 6) is 6.07. The number of halogens is 2. The van der Waals surface area contributed by atoms with Gasteiger partial charge in [0.15, 0.2) is 0 Å². The molecule has 0 aliphatic heterocycles. The number of ether oxygens (including phenoxy) is 1. The number of aryl methyl sites for hydroxylation is 2. The van der Waals surface area contributed by atoms with Crippen molar-refractivity contribution in [1.29, 1.82) is 0 Å². The number of alkyl halides is 2. The lowest BCUT2D eigenvalue weighted by molar-refractivity contribution is -0.113. The normalized spacial score (nSPS) is 11.0. The quantitative estimate of drug-likeness (QED) is 0.454. The van der Waals surface area contributed by atoms with E-state index >= 15 is 0 Å². The van der Waals surface area contributed by atoms with Gasteiger partial charge in [0, 0.05) is 11.4 Å². The van der Waals surface area contributed by atoms with Crippen LogP contribution in [-0.4, -0.2) is 42.9 Å². The maximum Gasteiger partial charge on any atom is 0.387 e. The fourth-order valence-corrected chi connectivity index (χ4v) is 3.04. The van der Waals surface area contributed by atoms with Crippen LogP contribution in [0.25, 0.3) is 5.95 Å². The molecule has 0 spiro atoms. The number of carbonyl (C=O) groups excluding carboxylic acids is 1. The number of thioether (sulfide) groups is 1. The van der Waals surface area contributed by atoms with Crippen molar-refractivity contribution in [2.24, 2.45) is 0 Å². The van der Waals surface area contributed by atoms with Gasteiger partial charge in [0.1, 0.15) is 5.75 Å². The highest BCUT2D eigenvalue weighted by Gasteiger charge is 2.16. The first kappa shape index (κ1) is 19.6. The van der Waals surface area contributed by atoms with E-state index in [0.717, 1.165) is 23.1 Å². The van der Waals surface area contributed by atoms with E-state index < -0.39 is 6.61 Å². The molecule has 3 N–H and O–H groups in total. The van der Waals surface area contributed by atoms with E-state index in [4.69, 9.17) is 5.84 Å². The molecule has 148 valence electrons. The van der Waals surface area contributed by atoms with Gasteiger partial charge in [0.25, 0.3) is 5.95 Å². The zero-order valence-electron chi connectivity index (χ0n) is 15.0. The topological polar surface area (TPSA) is 113 Å². The molecule has 28 heavy (non-hydrogen) atoms. The fourth-order valence-electron chi connectivity index (χ4n) is 2.39. The van der Waals surface area contributed by atoms with Crippen molar-refractivity contribution in [1.82, 2.24) is 24.7 Å². The van der Waals surface area contributed by atoms with Crippen LogP contribution in [0.15, 0.2) is 35.5 Å². The average molecular weight is 409 g/mol. The molecule has 0 unspecified atom stereocenters. The number of nitrogens with two attached hydrogens (primary N) is 1. The van der Waals surface area contributed by atoms with Crippen LogP contribution in [0, 0.1) is 13.8 Å². The highest BCUT2D eigenvalue weighted by molar-refractivity contribution is 7.99. The maximum atomic E-state index is 12.1. The van der Waals surface area contributed by atoms with E-state index in [1.807, 2.05) is 19.9 Å². The van der Waals surface area contributed by atoms with Gasteiger partial charge >= 0.3 is 6.61 Å². The number of hydrogen-bond donors (Lipinski definition) is 2. The molecule has 0 aliphatic rings. The second kappa shape index (κ2) is 8.25. The number of amides is 1.